The Morgan fingerprint density at radius 2 is 2.04 bits per heavy atom. The number of nitrogens with one attached hydrogen (secondary N) is 1. The molecule has 4 nitrogen and oxygen atoms in total. The molecule has 0 spiro atoms. The molecule has 1 aliphatic rings. The van der Waals surface area contributed by atoms with Gasteiger partial charge in [-0.25, -0.2) is 0 Å². The second-order valence-corrected chi connectivity index (χ2v) is 5.97. The molecule has 1 amide bonds. The summed E-state index contributed by atoms with van der Waals surface area (Å²) in [5.41, 5.74) is 2.05. The van der Waals surface area contributed by atoms with Gasteiger partial charge in [0.05, 0.1) is 6.04 Å². The van der Waals surface area contributed by atoms with Crippen LogP contribution in [0.15, 0.2) is 42.5 Å². The molecule has 0 aliphatic carbocycles. The van der Waals surface area contributed by atoms with E-state index >= 15 is 0 Å². The third-order valence-electron chi connectivity index (χ3n) is 3.80. The summed E-state index contributed by atoms with van der Waals surface area (Å²) in [6, 6.07) is 13.2. The normalized spacial score (nSPS) is 13.7. The molecule has 2 aromatic carbocycles. The second kappa shape index (κ2) is 6.92. The van der Waals surface area contributed by atoms with E-state index in [9.17, 15) is 4.79 Å². The number of halogens is 1. The van der Waals surface area contributed by atoms with Crippen LogP contribution in [0.1, 0.15) is 30.5 Å². The van der Waals surface area contributed by atoms with E-state index in [0.29, 0.717) is 17.9 Å². The van der Waals surface area contributed by atoms with Gasteiger partial charge in [-0.15, -0.1) is 0 Å². The molecule has 2 aromatic rings. The zero-order chi connectivity index (χ0) is 16.2. The molecular formula is C18H18ClNO3. The van der Waals surface area contributed by atoms with Crippen molar-refractivity contribution in [1.29, 1.82) is 0 Å². The lowest BCUT2D eigenvalue weighted by atomic mass is 10.1. The molecule has 23 heavy (non-hydrogen) atoms. The summed E-state index contributed by atoms with van der Waals surface area (Å²) >= 11 is 5.95. The molecule has 1 atom stereocenters. The van der Waals surface area contributed by atoms with E-state index in [0.717, 1.165) is 22.6 Å². The third-order valence-corrected chi connectivity index (χ3v) is 4.04. The highest BCUT2D eigenvalue weighted by Gasteiger charge is 2.16. The Balaban J connectivity index is 1.55. The number of ether oxygens (including phenoxy) is 2. The van der Waals surface area contributed by atoms with Gasteiger partial charge < -0.3 is 14.8 Å². The molecule has 1 N–H and O–H groups in total. The van der Waals surface area contributed by atoms with E-state index in [2.05, 4.69) is 5.32 Å². The lowest BCUT2D eigenvalue weighted by molar-refractivity contribution is -0.121. The number of rotatable bonds is 5. The van der Waals surface area contributed by atoms with Gasteiger partial charge in [0.15, 0.2) is 11.5 Å². The van der Waals surface area contributed by atoms with Gasteiger partial charge in [-0.1, -0.05) is 29.8 Å². The Morgan fingerprint density at radius 1 is 1.22 bits per heavy atom. The minimum atomic E-state index is -0.0867. The fourth-order valence-corrected chi connectivity index (χ4v) is 2.74. The molecule has 1 unspecified atom stereocenters. The van der Waals surface area contributed by atoms with Crippen molar-refractivity contribution in [3.8, 4) is 11.5 Å². The van der Waals surface area contributed by atoms with Crippen LogP contribution < -0.4 is 14.8 Å². The van der Waals surface area contributed by atoms with E-state index < -0.39 is 0 Å². The SMILES string of the molecule is CC(NC(=O)CCc1cccc(Cl)c1)c1ccc2c(c1)OCO2. The first-order valence-electron chi connectivity index (χ1n) is 7.55. The van der Waals surface area contributed by atoms with Gasteiger partial charge >= 0.3 is 0 Å². The lowest BCUT2D eigenvalue weighted by Gasteiger charge is -2.15. The second-order valence-electron chi connectivity index (χ2n) is 5.53. The van der Waals surface area contributed by atoms with Gasteiger partial charge in [-0.3, -0.25) is 4.79 Å². The predicted octanol–water partition coefficient (Wildman–Crippen LogP) is 3.88. The first-order chi connectivity index (χ1) is 11.1. The minimum absolute atomic E-state index is 0.00939. The fraction of sp³-hybridized carbons (Fsp3) is 0.278. The number of benzene rings is 2. The van der Waals surface area contributed by atoms with Crippen LogP contribution in [0.25, 0.3) is 0 Å². The van der Waals surface area contributed by atoms with Crippen molar-refractivity contribution in [2.75, 3.05) is 6.79 Å². The average molecular weight is 332 g/mol. The van der Waals surface area contributed by atoms with Crippen molar-refractivity contribution in [3.63, 3.8) is 0 Å². The van der Waals surface area contributed by atoms with Crippen molar-refractivity contribution in [2.45, 2.75) is 25.8 Å². The van der Waals surface area contributed by atoms with Gasteiger partial charge in [-0.2, -0.15) is 0 Å². The molecule has 1 heterocycles. The smallest absolute Gasteiger partial charge is 0.231 e. The van der Waals surface area contributed by atoms with Crippen LogP contribution in [0.4, 0.5) is 0 Å². The van der Waals surface area contributed by atoms with E-state index in [1.165, 1.54) is 0 Å². The zero-order valence-corrected chi connectivity index (χ0v) is 13.6. The molecule has 0 radical (unpaired) electrons. The number of carbonyl (C=O) groups is 1. The zero-order valence-electron chi connectivity index (χ0n) is 12.8. The maximum absolute atomic E-state index is 12.1. The Bertz CT molecular complexity index is 717. The van der Waals surface area contributed by atoms with Crippen molar-refractivity contribution < 1.29 is 14.3 Å². The molecule has 3 rings (SSSR count). The van der Waals surface area contributed by atoms with Crippen LogP contribution in [-0.2, 0) is 11.2 Å². The molecular weight excluding hydrogens is 314 g/mol. The van der Waals surface area contributed by atoms with E-state index in [1.807, 2.05) is 49.4 Å². The highest BCUT2D eigenvalue weighted by molar-refractivity contribution is 6.30. The molecule has 0 fully saturated rings. The number of aryl methyl sites for hydroxylation is 1. The largest absolute Gasteiger partial charge is 0.454 e. The van der Waals surface area contributed by atoms with Crippen LogP contribution in [0.2, 0.25) is 5.02 Å². The van der Waals surface area contributed by atoms with Gasteiger partial charge in [0.25, 0.3) is 0 Å². The third kappa shape index (κ3) is 3.96. The Morgan fingerprint density at radius 3 is 2.87 bits per heavy atom. The van der Waals surface area contributed by atoms with Crippen LogP contribution in [0.3, 0.4) is 0 Å². The van der Waals surface area contributed by atoms with Crippen molar-refractivity contribution in [2.24, 2.45) is 0 Å². The average Bonchev–Trinajstić information content (AvgIpc) is 3.00. The van der Waals surface area contributed by atoms with Crippen LogP contribution in [0, 0.1) is 0 Å². The number of amides is 1. The molecule has 0 saturated carbocycles. The summed E-state index contributed by atoms with van der Waals surface area (Å²) in [5, 5.41) is 3.70. The Kier molecular flexibility index (Phi) is 4.72. The summed E-state index contributed by atoms with van der Waals surface area (Å²) in [6.45, 7) is 2.20. The number of hydrogen-bond donors (Lipinski definition) is 1. The van der Waals surface area contributed by atoms with E-state index in [-0.39, 0.29) is 18.7 Å². The van der Waals surface area contributed by atoms with Crippen molar-refractivity contribution in [1.82, 2.24) is 5.32 Å². The minimum Gasteiger partial charge on any atom is -0.454 e. The summed E-state index contributed by atoms with van der Waals surface area (Å²) < 4.78 is 10.7. The summed E-state index contributed by atoms with van der Waals surface area (Å²) in [7, 11) is 0. The maximum atomic E-state index is 12.1. The van der Waals surface area contributed by atoms with E-state index in [1.54, 1.807) is 0 Å². The highest BCUT2D eigenvalue weighted by atomic mass is 35.5. The molecule has 0 aromatic heterocycles. The van der Waals surface area contributed by atoms with E-state index in [4.69, 9.17) is 21.1 Å². The van der Waals surface area contributed by atoms with Crippen molar-refractivity contribution in [3.05, 3.63) is 58.6 Å². The maximum Gasteiger partial charge on any atom is 0.231 e. The Labute approximate surface area is 140 Å². The number of hydrogen-bond acceptors (Lipinski definition) is 3. The number of fused-ring (bicyclic) bond motifs is 1. The van der Waals surface area contributed by atoms with Crippen LogP contribution in [0.5, 0.6) is 11.5 Å². The van der Waals surface area contributed by atoms with Crippen molar-refractivity contribution >= 4 is 17.5 Å². The number of carbonyl (C=O) groups excluding carboxylic acids is 1. The first-order valence-corrected chi connectivity index (χ1v) is 7.93. The summed E-state index contributed by atoms with van der Waals surface area (Å²) in [6.07, 6.45) is 1.09. The molecule has 0 bridgehead atoms. The highest BCUT2D eigenvalue weighted by Crippen LogP contribution is 2.34. The molecule has 120 valence electrons. The molecule has 5 heteroatoms. The van der Waals surface area contributed by atoms with Gasteiger partial charge in [0, 0.05) is 11.4 Å². The fourth-order valence-electron chi connectivity index (χ4n) is 2.53. The quantitative estimate of drug-likeness (QED) is 0.904. The summed E-state index contributed by atoms with van der Waals surface area (Å²) in [5.74, 6) is 1.48. The Hall–Kier alpha value is -2.20. The molecule has 1 aliphatic heterocycles. The summed E-state index contributed by atoms with van der Waals surface area (Å²) in [4.78, 5) is 12.1. The molecule has 0 saturated heterocycles. The monoisotopic (exact) mass is 331 g/mol. The topological polar surface area (TPSA) is 47.6 Å². The first kappa shape index (κ1) is 15.7. The van der Waals surface area contributed by atoms with Crippen LogP contribution in [-0.4, -0.2) is 12.7 Å². The van der Waals surface area contributed by atoms with Gasteiger partial charge in [0.2, 0.25) is 12.7 Å². The standard InChI is InChI=1S/C18H18ClNO3/c1-12(14-6-7-16-17(10-14)23-11-22-16)20-18(21)8-5-13-3-2-4-15(19)9-13/h2-4,6-7,9-10,12H,5,8,11H2,1H3,(H,20,21). The van der Waals surface area contributed by atoms with Gasteiger partial charge in [-0.05, 0) is 48.7 Å². The predicted molar refractivity (Wildman–Crippen MR) is 88.9 cm³/mol. The van der Waals surface area contributed by atoms with Gasteiger partial charge in [0.1, 0.15) is 0 Å². The van der Waals surface area contributed by atoms with Crippen LogP contribution >= 0.6 is 11.6 Å². The lowest BCUT2D eigenvalue weighted by Crippen LogP contribution is -2.26.